The molecule has 1 aliphatic rings. The number of aromatic nitrogens is 7. The number of nitrogens with zero attached hydrogens (tertiary/aromatic N) is 7. The van der Waals surface area contributed by atoms with E-state index in [2.05, 4.69) is 35.0 Å². The quantitative estimate of drug-likeness (QED) is 0.530. The van der Waals surface area contributed by atoms with Crippen LogP contribution in [0.1, 0.15) is 42.8 Å². The zero-order valence-electron chi connectivity index (χ0n) is 17.3. The van der Waals surface area contributed by atoms with Crippen molar-refractivity contribution in [1.29, 1.82) is 0 Å². The van der Waals surface area contributed by atoms with E-state index in [0.717, 1.165) is 24.1 Å². The van der Waals surface area contributed by atoms with E-state index in [-0.39, 0.29) is 18.0 Å². The normalized spacial score (nSPS) is 16.3. The molecule has 0 saturated carbocycles. The maximum atomic E-state index is 12.9. The SMILES string of the molecule is CC(C)n1cnnc1-c1cccc(NC(=O)c2cc3c(cn2)ncn3C2CCOC2)n1. The molecule has 1 amide bonds. The Balaban J connectivity index is 1.41. The highest BCUT2D eigenvalue weighted by Crippen LogP contribution is 2.25. The van der Waals surface area contributed by atoms with Gasteiger partial charge in [-0.1, -0.05) is 6.07 Å². The standard InChI is InChI=1S/C21H22N8O2/c1-13(2)28-12-24-27-20(28)15-4-3-5-19(25-15)26-21(30)16-8-18-17(9-22-16)23-11-29(18)14-6-7-31-10-14/h3-5,8-9,11-14H,6-7,10H2,1-2H3,(H,25,26,30). The number of ether oxygens (including phenoxy) is 1. The van der Waals surface area contributed by atoms with Crippen LogP contribution in [-0.4, -0.2) is 53.4 Å². The number of amides is 1. The first kappa shape index (κ1) is 19.3. The molecule has 10 nitrogen and oxygen atoms in total. The molecule has 31 heavy (non-hydrogen) atoms. The number of pyridine rings is 2. The number of nitrogens with one attached hydrogen (secondary N) is 1. The minimum Gasteiger partial charge on any atom is -0.379 e. The van der Waals surface area contributed by atoms with Crippen LogP contribution in [0.3, 0.4) is 0 Å². The molecule has 1 unspecified atom stereocenters. The summed E-state index contributed by atoms with van der Waals surface area (Å²) in [7, 11) is 0. The average Bonchev–Trinajstić information content (AvgIpc) is 3.53. The Bertz CT molecular complexity index is 1240. The first-order valence-corrected chi connectivity index (χ1v) is 10.2. The summed E-state index contributed by atoms with van der Waals surface area (Å²) >= 11 is 0. The number of fused-ring (bicyclic) bond motifs is 1. The van der Waals surface area contributed by atoms with Crippen molar-refractivity contribution in [1.82, 2.24) is 34.3 Å². The van der Waals surface area contributed by atoms with Crippen molar-refractivity contribution in [3.63, 3.8) is 0 Å². The van der Waals surface area contributed by atoms with Crippen LogP contribution in [0.2, 0.25) is 0 Å². The summed E-state index contributed by atoms with van der Waals surface area (Å²) in [6.07, 6.45) is 5.99. The van der Waals surface area contributed by atoms with E-state index in [9.17, 15) is 4.79 Å². The Hall–Kier alpha value is -3.66. The van der Waals surface area contributed by atoms with E-state index in [0.29, 0.717) is 29.6 Å². The van der Waals surface area contributed by atoms with Gasteiger partial charge >= 0.3 is 0 Å². The Kier molecular flexibility index (Phi) is 4.91. The van der Waals surface area contributed by atoms with Gasteiger partial charge in [-0.05, 0) is 38.5 Å². The first-order valence-electron chi connectivity index (χ1n) is 10.2. The number of carbonyl (C=O) groups is 1. The van der Waals surface area contributed by atoms with Crippen molar-refractivity contribution >= 4 is 22.8 Å². The maximum absolute atomic E-state index is 12.9. The van der Waals surface area contributed by atoms with Gasteiger partial charge in [-0.3, -0.25) is 4.79 Å². The van der Waals surface area contributed by atoms with Gasteiger partial charge in [-0.15, -0.1) is 10.2 Å². The molecule has 1 N–H and O–H groups in total. The molecular weight excluding hydrogens is 396 g/mol. The zero-order chi connectivity index (χ0) is 21.4. The van der Waals surface area contributed by atoms with Gasteiger partial charge in [0.15, 0.2) is 5.82 Å². The van der Waals surface area contributed by atoms with Gasteiger partial charge in [-0.25, -0.2) is 15.0 Å². The Morgan fingerprint density at radius 1 is 1.26 bits per heavy atom. The summed E-state index contributed by atoms with van der Waals surface area (Å²) in [6, 6.07) is 7.57. The van der Waals surface area contributed by atoms with Crippen LogP contribution in [0.4, 0.5) is 5.82 Å². The fourth-order valence-corrected chi connectivity index (χ4v) is 3.70. The van der Waals surface area contributed by atoms with E-state index in [1.54, 1.807) is 31.0 Å². The predicted molar refractivity (Wildman–Crippen MR) is 114 cm³/mol. The molecule has 4 aromatic rings. The number of anilines is 1. The maximum Gasteiger partial charge on any atom is 0.275 e. The molecule has 0 radical (unpaired) electrons. The second-order valence-electron chi connectivity index (χ2n) is 7.75. The average molecular weight is 418 g/mol. The summed E-state index contributed by atoms with van der Waals surface area (Å²) in [4.78, 5) is 26.1. The highest BCUT2D eigenvalue weighted by atomic mass is 16.5. The lowest BCUT2D eigenvalue weighted by molar-refractivity contribution is 0.102. The summed E-state index contributed by atoms with van der Waals surface area (Å²) in [5.74, 6) is 0.723. The lowest BCUT2D eigenvalue weighted by Gasteiger charge is -2.11. The van der Waals surface area contributed by atoms with Gasteiger partial charge in [0.25, 0.3) is 5.91 Å². The number of imidazole rings is 1. The summed E-state index contributed by atoms with van der Waals surface area (Å²) in [5.41, 5.74) is 2.54. The van der Waals surface area contributed by atoms with Crippen LogP contribution in [0.5, 0.6) is 0 Å². The third-order valence-electron chi connectivity index (χ3n) is 5.34. The van der Waals surface area contributed by atoms with Crippen molar-refractivity contribution < 1.29 is 9.53 Å². The van der Waals surface area contributed by atoms with Crippen molar-refractivity contribution in [2.45, 2.75) is 32.4 Å². The van der Waals surface area contributed by atoms with E-state index in [4.69, 9.17) is 4.74 Å². The van der Waals surface area contributed by atoms with Crippen LogP contribution in [0.15, 0.2) is 43.1 Å². The summed E-state index contributed by atoms with van der Waals surface area (Å²) in [6.45, 7) is 5.47. The molecule has 0 aliphatic carbocycles. The molecule has 1 aliphatic heterocycles. The van der Waals surface area contributed by atoms with Gasteiger partial charge in [0.2, 0.25) is 0 Å². The minimum absolute atomic E-state index is 0.191. The fraction of sp³-hybridized carbons (Fsp3) is 0.333. The lowest BCUT2D eigenvalue weighted by Crippen LogP contribution is -2.15. The number of hydrogen-bond acceptors (Lipinski definition) is 7. The van der Waals surface area contributed by atoms with Crippen LogP contribution in [-0.2, 0) is 4.74 Å². The fourth-order valence-electron chi connectivity index (χ4n) is 3.70. The highest BCUT2D eigenvalue weighted by molar-refractivity contribution is 6.03. The van der Waals surface area contributed by atoms with Gasteiger partial charge in [-0.2, -0.15) is 0 Å². The number of carbonyl (C=O) groups excluding carboxylic acids is 1. The second kappa shape index (κ2) is 7.88. The zero-order valence-corrected chi connectivity index (χ0v) is 17.3. The van der Waals surface area contributed by atoms with Gasteiger partial charge in [0.1, 0.15) is 29.0 Å². The second-order valence-corrected chi connectivity index (χ2v) is 7.75. The monoisotopic (exact) mass is 418 g/mol. The summed E-state index contributed by atoms with van der Waals surface area (Å²) in [5, 5.41) is 11.0. The Labute approximate surface area is 178 Å². The molecule has 5 rings (SSSR count). The third-order valence-corrected chi connectivity index (χ3v) is 5.34. The Morgan fingerprint density at radius 2 is 2.16 bits per heavy atom. The summed E-state index contributed by atoms with van der Waals surface area (Å²) < 4.78 is 9.47. The van der Waals surface area contributed by atoms with E-state index >= 15 is 0 Å². The van der Waals surface area contributed by atoms with Crippen molar-refractivity contribution in [2.24, 2.45) is 0 Å². The topological polar surface area (TPSA) is 113 Å². The van der Waals surface area contributed by atoms with Gasteiger partial charge < -0.3 is 19.2 Å². The van der Waals surface area contributed by atoms with Crippen LogP contribution in [0.25, 0.3) is 22.6 Å². The van der Waals surface area contributed by atoms with Crippen molar-refractivity contribution in [3.05, 3.63) is 48.8 Å². The van der Waals surface area contributed by atoms with Gasteiger partial charge in [0.05, 0.1) is 30.7 Å². The van der Waals surface area contributed by atoms with Crippen LogP contribution < -0.4 is 5.32 Å². The molecule has 0 spiro atoms. The van der Waals surface area contributed by atoms with Crippen LogP contribution in [0, 0.1) is 0 Å². The molecular formula is C21H22N8O2. The lowest BCUT2D eigenvalue weighted by atomic mass is 10.2. The molecule has 10 heteroatoms. The van der Waals surface area contributed by atoms with Crippen molar-refractivity contribution in [2.75, 3.05) is 18.5 Å². The molecule has 158 valence electrons. The minimum atomic E-state index is -0.340. The highest BCUT2D eigenvalue weighted by Gasteiger charge is 2.21. The molecule has 0 aromatic carbocycles. The molecule has 4 aromatic heterocycles. The molecule has 1 saturated heterocycles. The smallest absolute Gasteiger partial charge is 0.275 e. The van der Waals surface area contributed by atoms with Crippen LogP contribution >= 0.6 is 0 Å². The predicted octanol–water partition coefficient (Wildman–Crippen LogP) is 2.88. The third kappa shape index (κ3) is 3.66. The molecule has 1 fully saturated rings. The number of rotatable bonds is 5. The molecule has 5 heterocycles. The number of hydrogen-bond donors (Lipinski definition) is 1. The van der Waals surface area contributed by atoms with E-state index in [1.165, 1.54) is 0 Å². The molecule has 0 bridgehead atoms. The molecule has 1 atom stereocenters. The van der Waals surface area contributed by atoms with Gasteiger partial charge in [0, 0.05) is 12.6 Å². The van der Waals surface area contributed by atoms with Crippen molar-refractivity contribution in [3.8, 4) is 11.5 Å². The Morgan fingerprint density at radius 3 is 2.97 bits per heavy atom. The largest absolute Gasteiger partial charge is 0.379 e. The van der Waals surface area contributed by atoms with E-state index < -0.39 is 0 Å². The van der Waals surface area contributed by atoms with E-state index in [1.807, 2.05) is 30.5 Å². The first-order chi connectivity index (χ1) is 15.1.